The molecule has 3 rings (SSSR count). The first kappa shape index (κ1) is 17.2. The van der Waals surface area contributed by atoms with Crippen LogP contribution in [0.15, 0.2) is 23.6 Å². The van der Waals surface area contributed by atoms with Gasteiger partial charge in [-0.25, -0.2) is 9.78 Å². The molecule has 1 atom stereocenters. The number of likely N-dealkylation sites (tertiary alicyclic amines) is 1. The van der Waals surface area contributed by atoms with Crippen molar-refractivity contribution in [1.82, 2.24) is 9.88 Å². The number of carbonyl (C=O) groups excluding carboxylic acids is 1. The van der Waals surface area contributed by atoms with Crippen LogP contribution in [0.4, 0.5) is 0 Å². The summed E-state index contributed by atoms with van der Waals surface area (Å²) in [6.07, 6.45) is 2.08. The van der Waals surface area contributed by atoms with Crippen molar-refractivity contribution in [3.63, 3.8) is 0 Å². The average molecular weight is 385 g/mol. The van der Waals surface area contributed by atoms with Gasteiger partial charge in [0.15, 0.2) is 0 Å². The number of halogens is 2. The van der Waals surface area contributed by atoms with Gasteiger partial charge in [-0.05, 0) is 37.5 Å². The van der Waals surface area contributed by atoms with Crippen LogP contribution in [0, 0.1) is 0 Å². The number of thiazole rings is 1. The normalized spacial score (nSPS) is 17.8. The van der Waals surface area contributed by atoms with E-state index in [1.807, 2.05) is 0 Å². The molecule has 8 heteroatoms. The maximum atomic E-state index is 12.7. The molecule has 24 heavy (non-hydrogen) atoms. The van der Waals surface area contributed by atoms with E-state index in [4.69, 9.17) is 23.2 Å². The van der Waals surface area contributed by atoms with E-state index in [0.29, 0.717) is 33.6 Å². The van der Waals surface area contributed by atoms with Crippen molar-refractivity contribution in [3.8, 4) is 10.6 Å². The van der Waals surface area contributed by atoms with Crippen LogP contribution in [0.2, 0.25) is 10.0 Å². The zero-order valence-electron chi connectivity index (χ0n) is 12.5. The molecule has 1 aliphatic heterocycles. The number of carboxylic acids is 1. The van der Waals surface area contributed by atoms with Gasteiger partial charge in [-0.1, -0.05) is 23.2 Å². The van der Waals surface area contributed by atoms with E-state index in [1.54, 1.807) is 23.6 Å². The Balaban J connectivity index is 1.87. The van der Waals surface area contributed by atoms with Gasteiger partial charge in [0.2, 0.25) is 0 Å². The summed E-state index contributed by atoms with van der Waals surface area (Å²) in [5, 5.41) is 12.5. The highest BCUT2D eigenvalue weighted by molar-refractivity contribution is 7.13. The van der Waals surface area contributed by atoms with Crippen LogP contribution in [-0.4, -0.2) is 39.5 Å². The molecular weight excluding hydrogens is 371 g/mol. The van der Waals surface area contributed by atoms with Crippen molar-refractivity contribution < 1.29 is 14.7 Å². The van der Waals surface area contributed by atoms with E-state index < -0.39 is 12.0 Å². The summed E-state index contributed by atoms with van der Waals surface area (Å²) in [6.45, 7) is 0.435. The number of rotatable bonds is 3. The smallest absolute Gasteiger partial charge is 0.326 e. The molecule has 1 aliphatic rings. The van der Waals surface area contributed by atoms with Crippen molar-refractivity contribution in [3.05, 3.63) is 39.3 Å². The van der Waals surface area contributed by atoms with Gasteiger partial charge in [0.05, 0.1) is 5.02 Å². The van der Waals surface area contributed by atoms with Gasteiger partial charge in [-0.15, -0.1) is 11.3 Å². The van der Waals surface area contributed by atoms with Crippen LogP contribution in [0.3, 0.4) is 0 Å². The van der Waals surface area contributed by atoms with Gasteiger partial charge in [0, 0.05) is 22.5 Å². The molecule has 2 heterocycles. The minimum absolute atomic E-state index is 0.245. The lowest BCUT2D eigenvalue weighted by molar-refractivity contribution is -0.143. The highest BCUT2D eigenvalue weighted by atomic mass is 35.5. The van der Waals surface area contributed by atoms with Crippen molar-refractivity contribution in [1.29, 1.82) is 0 Å². The third-order valence-corrected chi connectivity index (χ3v) is 5.36. The topological polar surface area (TPSA) is 70.5 Å². The first-order valence-electron chi connectivity index (χ1n) is 7.42. The molecule has 0 radical (unpaired) electrons. The summed E-state index contributed by atoms with van der Waals surface area (Å²) in [5.41, 5.74) is 0.938. The van der Waals surface area contributed by atoms with Crippen molar-refractivity contribution in [2.75, 3.05) is 6.54 Å². The molecule has 1 fully saturated rings. The maximum absolute atomic E-state index is 12.7. The van der Waals surface area contributed by atoms with E-state index in [9.17, 15) is 14.7 Å². The zero-order chi connectivity index (χ0) is 17.3. The number of aromatic nitrogens is 1. The highest BCUT2D eigenvalue weighted by Crippen LogP contribution is 2.33. The highest BCUT2D eigenvalue weighted by Gasteiger charge is 2.33. The lowest BCUT2D eigenvalue weighted by atomic mass is 10.0. The number of aliphatic carboxylic acids is 1. The van der Waals surface area contributed by atoms with Gasteiger partial charge in [-0.3, -0.25) is 4.79 Å². The number of piperidine rings is 1. The number of amides is 1. The van der Waals surface area contributed by atoms with Crippen LogP contribution in [-0.2, 0) is 4.79 Å². The second-order valence-electron chi connectivity index (χ2n) is 5.51. The second kappa shape index (κ2) is 7.09. The van der Waals surface area contributed by atoms with Crippen LogP contribution in [0.25, 0.3) is 10.6 Å². The van der Waals surface area contributed by atoms with Crippen LogP contribution < -0.4 is 0 Å². The second-order valence-corrected chi connectivity index (χ2v) is 7.21. The summed E-state index contributed by atoms with van der Waals surface area (Å²) >= 11 is 13.4. The molecule has 0 bridgehead atoms. The molecule has 1 N–H and O–H groups in total. The summed E-state index contributed by atoms with van der Waals surface area (Å²) < 4.78 is 0. The van der Waals surface area contributed by atoms with E-state index in [1.165, 1.54) is 16.2 Å². The quantitative estimate of drug-likeness (QED) is 0.860. The molecule has 1 amide bonds. The number of nitrogens with zero attached hydrogens (tertiary/aromatic N) is 2. The first-order valence-corrected chi connectivity index (χ1v) is 9.05. The van der Waals surface area contributed by atoms with Gasteiger partial charge in [0.25, 0.3) is 5.91 Å². The summed E-state index contributed by atoms with van der Waals surface area (Å²) in [6, 6.07) is 4.29. The molecular formula is C16H14Cl2N2O3S. The first-order chi connectivity index (χ1) is 11.5. The predicted octanol–water partition coefficient (Wildman–Crippen LogP) is 4.20. The van der Waals surface area contributed by atoms with Gasteiger partial charge in [0.1, 0.15) is 16.7 Å². The third kappa shape index (κ3) is 3.41. The Hall–Kier alpha value is -1.63. The van der Waals surface area contributed by atoms with E-state index in [-0.39, 0.29) is 11.6 Å². The molecule has 2 aromatic rings. The minimum Gasteiger partial charge on any atom is -0.480 e. The van der Waals surface area contributed by atoms with E-state index in [2.05, 4.69) is 4.98 Å². The third-order valence-electron chi connectivity index (χ3n) is 3.93. The molecule has 1 aromatic carbocycles. The molecule has 126 valence electrons. The van der Waals surface area contributed by atoms with Crippen molar-refractivity contribution in [2.24, 2.45) is 0 Å². The number of carboxylic acid groups (broad SMARTS) is 1. The average Bonchev–Trinajstić information content (AvgIpc) is 3.03. The van der Waals surface area contributed by atoms with Crippen molar-refractivity contribution in [2.45, 2.75) is 25.3 Å². The lowest BCUT2D eigenvalue weighted by Crippen LogP contribution is -2.48. The Morgan fingerprint density at radius 2 is 2.08 bits per heavy atom. The Morgan fingerprint density at radius 3 is 2.79 bits per heavy atom. The number of carbonyl (C=O) groups is 2. The molecule has 0 aliphatic carbocycles. The fourth-order valence-corrected chi connectivity index (χ4v) is 4.12. The largest absolute Gasteiger partial charge is 0.480 e. The van der Waals surface area contributed by atoms with Gasteiger partial charge >= 0.3 is 5.97 Å². The number of hydrogen-bond acceptors (Lipinski definition) is 4. The molecule has 0 spiro atoms. The Morgan fingerprint density at radius 1 is 1.29 bits per heavy atom. The number of benzene rings is 1. The predicted molar refractivity (Wildman–Crippen MR) is 93.9 cm³/mol. The summed E-state index contributed by atoms with van der Waals surface area (Å²) in [4.78, 5) is 29.8. The Kier molecular flexibility index (Phi) is 5.08. The van der Waals surface area contributed by atoms with Crippen molar-refractivity contribution >= 4 is 46.4 Å². The summed E-state index contributed by atoms with van der Waals surface area (Å²) in [7, 11) is 0. The fourth-order valence-electron chi connectivity index (χ4n) is 2.74. The van der Waals surface area contributed by atoms with Gasteiger partial charge < -0.3 is 10.0 Å². The minimum atomic E-state index is -0.973. The molecule has 5 nitrogen and oxygen atoms in total. The molecule has 0 saturated carbocycles. The van der Waals surface area contributed by atoms with Crippen LogP contribution in [0.1, 0.15) is 29.8 Å². The van der Waals surface area contributed by atoms with E-state index in [0.717, 1.165) is 12.8 Å². The SMILES string of the molecule is O=C(O)C1CCCCN1C(=O)c1csc(-c2ccc(Cl)cc2Cl)n1. The van der Waals surface area contributed by atoms with Crippen LogP contribution >= 0.6 is 34.5 Å². The van der Waals surface area contributed by atoms with E-state index >= 15 is 0 Å². The number of hydrogen-bond donors (Lipinski definition) is 1. The lowest BCUT2D eigenvalue weighted by Gasteiger charge is -2.32. The monoisotopic (exact) mass is 384 g/mol. The van der Waals surface area contributed by atoms with Gasteiger partial charge in [-0.2, -0.15) is 0 Å². The Labute approximate surface area is 152 Å². The molecule has 1 saturated heterocycles. The zero-order valence-corrected chi connectivity index (χ0v) is 14.9. The maximum Gasteiger partial charge on any atom is 0.326 e. The molecule has 1 unspecified atom stereocenters. The van der Waals surface area contributed by atoms with Crippen LogP contribution in [0.5, 0.6) is 0 Å². The Bertz CT molecular complexity index is 793. The standard InChI is InChI=1S/C16H14Cl2N2O3S/c17-9-4-5-10(11(18)7-9)14-19-12(8-24-14)15(21)20-6-2-1-3-13(20)16(22)23/h4-5,7-8,13H,1-3,6H2,(H,22,23). The summed E-state index contributed by atoms with van der Waals surface area (Å²) in [5.74, 6) is -1.33. The molecule has 1 aromatic heterocycles. The fraction of sp³-hybridized carbons (Fsp3) is 0.312.